The third-order valence-electron chi connectivity index (χ3n) is 4.48. The number of nitrogens with one attached hydrogen (secondary N) is 2. The van der Waals surface area contributed by atoms with Crippen molar-refractivity contribution >= 4 is 34.3 Å². The quantitative estimate of drug-likeness (QED) is 0.829. The van der Waals surface area contributed by atoms with Crippen LogP contribution in [0.5, 0.6) is 0 Å². The maximum absolute atomic E-state index is 12.1. The Hall–Kier alpha value is -1.75. The molecule has 1 aliphatic carbocycles. The van der Waals surface area contributed by atoms with E-state index in [1.54, 1.807) is 17.8 Å². The Bertz CT molecular complexity index is 779. The average Bonchev–Trinajstić information content (AvgIpc) is 3.06. The molecule has 0 saturated heterocycles. The van der Waals surface area contributed by atoms with Gasteiger partial charge in [0, 0.05) is 22.4 Å². The smallest absolute Gasteiger partial charge is 0.248 e. The van der Waals surface area contributed by atoms with Gasteiger partial charge < -0.3 is 10.3 Å². The minimum absolute atomic E-state index is 0.0262. The molecule has 0 bridgehead atoms. The molecule has 0 atom stereocenters. The van der Waals surface area contributed by atoms with Crippen molar-refractivity contribution in [3.8, 4) is 0 Å². The summed E-state index contributed by atoms with van der Waals surface area (Å²) < 4.78 is 0. The van der Waals surface area contributed by atoms with E-state index < -0.39 is 0 Å². The lowest BCUT2D eigenvalue weighted by molar-refractivity contribution is -0.113. The fraction of sp³-hybridized carbons (Fsp3) is 0.474. The molecule has 0 unspecified atom stereocenters. The molecule has 1 saturated carbocycles. The molecule has 0 spiro atoms. The standard InChI is InChI=1S/C19H24N2O2S/c1-2-5-13-10-18(22)21-17-11-14(8-9-16(13)17)20-19(23)12-24-15-6-3-4-7-15/h8-11,15H,2-7,12H2,1H3,(H,20,23)(H,21,22). The van der Waals surface area contributed by atoms with Gasteiger partial charge in [-0.25, -0.2) is 0 Å². The second kappa shape index (κ2) is 7.88. The molecule has 3 rings (SSSR count). The van der Waals surface area contributed by atoms with Crippen molar-refractivity contribution in [2.75, 3.05) is 11.1 Å². The first-order valence-corrected chi connectivity index (χ1v) is 9.78. The number of aromatic nitrogens is 1. The van der Waals surface area contributed by atoms with Gasteiger partial charge in [0.15, 0.2) is 0 Å². The maximum atomic E-state index is 12.1. The predicted molar refractivity (Wildman–Crippen MR) is 102 cm³/mol. The van der Waals surface area contributed by atoms with Crippen molar-refractivity contribution in [2.24, 2.45) is 0 Å². The number of aryl methyl sites for hydroxylation is 1. The largest absolute Gasteiger partial charge is 0.325 e. The second-order valence-electron chi connectivity index (χ2n) is 6.43. The van der Waals surface area contributed by atoms with Crippen LogP contribution in [0.4, 0.5) is 5.69 Å². The first-order chi connectivity index (χ1) is 11.7. The van der Waals surface area contributed by atoms with Crippen molar-refractivity contribution < 1.29 is 4.79 Å². The number of fused-ring (bicyclic) bond motifs is 1. The molecule has 0 radical (unpaired) electrons. The van der Waals surface area contributed by atoms with Crippen molar-refractivity contribution in [3.05, 3.63) is 40.2 Å². The van der Waals surface area contributed by atoms with Crippen LogP contribution in [0.25, 0.3) is 10.9 Å². The number of carbonyl (C=O) groups is 1. The Balaban J connectivity index is 1.70. The lowest BCUT2D eigenvalue weighted by Crippen LogP contribution is -2.16. The van der Waals surface area contributed by atoms with E-state index in [0.717, 1.165) is 35.0 Å². The van der Waals surface area contributed by atoms with Crippen LogP contribution in [-0.2, 0) is 11.2 Å². The van der Waals surface area contributed by atoms with E-state index in [1.165, 1.54) is 25.7 Å². The first-order valence-electron chi connectivity index (χ1n) is 8.73. The zero-order valence-electron chi connectivity index (χ0n) is 14.1. The highest BCUT2D eigenvalue weighted by atomic mass is 32.2. The highest BCUT2D eigenvalue weighted by Gasteiger charge is 2.16. The molecule has 1 aromatic carbocycles. The number of rotatable bonds is 6. The molecule has 1 aliphatic rings. The Kier molecular flexibility index (Phi) is 5.61. The summed E-state index contributed by atoms with van der Waals surface area (Å²) >= 11 is 1.76. The van der Waals surface area contributed by atoms with Gasteiger partial charge >= 0.3 is 0 Å². The van der Waals surface area contributed by atoms with Crippen LogP contribution >= 0.6 is 11.8 Å². The predicted octanol–water partition coefficient (Wildman–Crippen LogP) is 4.09. The molecule has 1 amide bonds. The third-order valence-corrected chi connectivity index (χ3v) is 5.86. The van der Waals surface area contributed by atoms with Crippen LogP contribution in [0.1, 0.15) is 44.6 Å². The number of amides is 1. The molecule has 5 heteroatoms. The van der Waals surface area contributed by atoms with Gasteiger partial charge in [-0.05, 0) is 37.0 Å². The minimum Gasteiger partial charge on any atom is -0.325 e. The third kappa shape index (κ3) is 4.20. The zero-order valence-corrected chi connectivity index (χ0v) is 14.9. The Morgan fingerprint density at radius 1 is 1.29 bits per heavy atom. The number of thioether (sulfide) groups is 1. The molecule has 2 N–H and O–H groups in total. The van der Waals surface area contributed by atoms with Gasteiger partial charge in [-0.2, -0.15) is 0 Å². The van der Waals surface area contributed by atoms with Gasteiger partial charge in [0.2, 0.25) is 11.5 Å². The van der Waals surface area contributed by atoms with E-state index in [1.807, 2.05) is 18.2 Å². The van der Waals surface area contributed by atoms with E-state index >= 15 is 0 Å². The van der Waals surface area contributed by atoms with Crippen molar-refractivity contribution in [1.82, 2.24) is 4.98 Å². The molecule has 1 heterocycles. The van der Waals surface area contributed by atoms with Crippen LogP contribution in [0, 0.1) is 0 Å². The summed E-state index contributed by atoms with van der Waals surface area (Å²) in [5.74, 6) is 0.521. The van der Waals surface area contributed by atoms with Crippen LogP contribution < -0.4 is 10.9 Å². The summed E-state index contributed by atoms with van der Waals surface area (Å²) in [6.45, 7) is 2.10. The lowest BCUT2D eigenvalue weighted by atomic mass is 10.0. The number of H-pyrrole nitrogens is 1. The van der Waals surface area contributed by atoms with Crippen LogP contribution in [0.2, 0.25) is 0 Å². The Morgan fingerprint density at radius 3 is 2.83 bits per heavy atom. The Morgan fingerprint density at radius 2 is 2.08 bits per heavy atom. The van der Waals surface area contributed by atoms with Crippen molar-refractivity contribution in [3.63, 3.8) is 0 Å². The van der Waals surface area contributed by atoms with Gasteiger partial charge in [-0.3, -0.25) is 9.59 Å². The lowest BCUT2D eigenvalue weighted by Gasteiger charge is -2.10. The molecule has 2 aromatic rings. The van der Waals surface area contributed by atoms with E-state index in [2.05, 4.69) is 17.2 Å². The van der Waals surface area contributed by atoms with E-state index in [-0.39, 0.29) is 11.5 Å². The summed E-state index contributed by atoms with van der Waals surface area (Å²) in [6, 6.07) is 7.42. The molecular weight excluding hydrogens is 320 g/mol. The number of aromatic amines is 1. The number of carbonyl (C=O) groups excluding carboxylic acids is 1. The minimum atomic E-state index is -0.0915. The number of pyridine rings is 1. The van der Waals surface area contributed by atoms with Crippen molar-refractivity contribution in [1.29, 1.82) is 0 Å². The number of benzene rings is 1. The first kappa shape index (κ1) is 17.1. The molecule has 0 aliphatic heterocycles. The van der Waals surface area contributed by atoms with Crippen LogP contribution in [-0.4, -0.2) is 21.9 Å². The van der Waals surface area contributed by atoms with Crippen molar-refractivity contribution in [2.45, 2.75) is 50.7 Å². The van der Waals surface area contributed by atoms with E-state index in [0.29, 0.717) is 11.0 Å². The molecule has 24 heavy (non-hydrogen) atoms. The number of hydrogen-bond donors (Lipinski definition) is 2. The fourth-order valence-corrected chi connectivity index (χ4v) is 4.46. The van der Waals surface area contributed by atoms with Crippen LogP contribution in [0.15, 0.2) is 29.1 Å². The summed E-state index contributed by atoms with van der Waals surface area (Å²) in [4.78, 5) is 26.8. The van der Waals surface area contributed by atoms with Gasteiger partial charge in [0.25, 0.3) is 0 Å². The van der Waals surface area contributed by atoms with Gasteiger partial charge in [0.1, 0.15) is 0 Å². The maximum Gasteiger partial charge on any atom is 0.248 e. The number of anilines is 1. The topological polar surface area (TPSA) is 62.0 Å². The second-order valence-corrected chi connectivity index (χ2v) is 7.72. The van der Waals surface area contributed by atoms with Gasteiger partial charge in [0.05, 0.1) is 11.3 Å². The average molecular weight is 344 g/mol. The summed E-state index contributed by atoms with van der Waals surface area (Å²) in [6.07, 6.45) is 6.92. The summed E-state index contributed by atoms with van der Waals surface area (Å²) in [5.41, 5.74) is 2.49. The zero-order chi connectivity index (χ0) is 16.9. The fourth-order valence-electron chi connectivity index (χ4n) is 3.33. The highest BCUT2D eigenvalue weighted by Crippen LogP contribution is 2.29. The van der Waals surface area contributed by atoms with E-state index in [4.69, 9.17) is 0 Å². The monoisotopic (exact) mass is 344 g/mol. The highest BCUT2D eigenvalue weighted by molar-refractivity contribution is 8.00. The summed E-state index contributed by atoms with van der Waals surface area (Å²) in [7, 11) is 0. The number of hydrogen-bond acceptors (Lipinski definition) is 3. The molecule has 4 nitrogen and oxygen atoms in total. The normalized spacial score (nSPS) is 15.0. The molecule has 128 valence electrons. The van der Waals surface area contributed by atoms with Gasteiger partial charge in [-0.1, -0.05) is 32.3 Å². The van der Waals surface area contributed by atoms with Crippen LogP contribution in [0.3, 0.4) is 0 Å². The SMILES string of the molecule is CCCc1cc(=O)[nH]c2cc(NC(=O)CSC3CCCC3)ccc12. The molecule has 1 fully saturated rings. The van der Waals surface area contributed by atoms with Gasteiger partial charge in [-0.15, -0.1) is 11.8 Å². The van der Waals surface area contributed by atoms with E-state index in [9.17, 15) is 9.59 Å². The molecular formula is C19H24N2O2S. The molecule has 1 aromatic heterocycles. The Labute approximate surface area is 146 Å². The summed E-state index contributed by atoms with van der Waals surface area (Å²) in [5, 5.41) is 4.64.